The van der Waals surface area contributed by atoms with Gasteiger partial charge in [-0.05, 0) is 72.4 Å². The van der Waals surface area contributed by atoms with E-state index in [-0.39, 0.29) is 0 Å². The first kappa shape index (κ1) is 29.5. The normalized spacial score (nSPS) is 11.8. The maximum absolute atomic E-state index is 6.27. The Hall–Kier alpha value is -7.17. The molecule has 0 amide bonds. The molecule has 0 radical (unpaired) electrons. The van der Waals surface area contributed by atoms with E-state index >= 15 is 0 Å². The molecule has 0 atom stereocenters. The van der Waals surface area contributed by atoms with Gasteiger partial charge in [-0.15, -0.1) is 0 Å². The number of para-hydroxylation sites is 1. The van der Waals surface area contributed by atoms with E-state index in [1.165, 1.54) is 26.9 Å². The van der Waals surface area contributed by atoms with E-state index in [1.807, 2.05) is 36.4 Å². The average molecular weight is 676 g/mol. The van der Waals surface area contributed by atoms with Crippen molar-refractivity contribution < 1.29 is 4.42 Å². The summed E-state index contributed by atoms with van der Waals surface area (Å²) in [5.41, 5.74) is 6.86. The first-order chi connectivity index (χ1) is 26.3. The Morgan fingerprint density at radius 1 is 0.302 bits per heavy atom. The molecule has 9 aromatic carbocycles. The fourth-order valence-corrected chi connectivity index (χ4v) is 8.05. The van der Waals surface area contributed by atoms with Crippen LogP contribution in [-0.2, 0) is 0 Å². The molecule has 53 heavy (non-hydrogen) atoms. The number of hydrogen-bond acceptors (Lipinski definition) is 4. The molecule has 0 spiro atoms. The molecule has 11 rings (SSSR count). The van der Waals surface area contributed by atoms with Gasteiger partial charge in [-0.25, -0.2) is 15.0 Å². The number of fused-ring (bicyclic) bond motifs is 9. The summed E-state index contributed by atoms with van der Waals surface area (Å²) in [6.45, 7) is 0. The number of aromatic nitrogens is 3. The van der Waals surface area contributed by atoms with Gasteiger partial charge in [-0.1, -0.05) is 158 Å². The van der Waals surface area contributed by atoms with Crippen LogP contribution >= 0.6 is 0 Å². The molecule has 11 aromatic rings. The Labute approximate surface area is 304 Å². The molecule has 0 fully saturated rings. The summed E-state index contributed by atoms with van der Waals surface area (Å²) in [5.74, 6) is 1.91. The van der Waals surface area contributed by atoms with Crippen molar-refractivity contribution in [1.29, 1.82) is 0 Å². The lowest BCUT2D eigenvalue weighted by molar-refractivity contribution is 0.669. The zero-order valence-electron chi connectivity index (χ0n) is 28.5. The van der Waals surface area contributed by atoms with E-state index in [0.29, 0.717) is 17.5 Å². The number of benzene rings is 9. The van der Waals surface area contributed by atoms with E-state index in [4.69, 9.17) is 19.4 Å². The predicted octanol–water partition coefficient (Wildman–Crippen LogP) is 13.1. The second kappa shape index (κ2) is 11.7. The lowest BCUT2D eigenvalue weighted by Crippen LogP contribution is -2.00. The van der Waals surface area contributed by atoms with Crippen molar-refractivity contribution in [1.82, 2.24) is 15.0 Å². The Bertz CT molecular complexity index is 3240. The first-order valence-corrected chi connectivity index (χ1v) is 17.9. The van der Waals surface area contributed by atoms with Crippen molar-refractivity contribution in [3.8, 4) is 45.3 Å². The van der Waals surface area contributed by atoms with Crippen LogP contribution in [0.2, 0.25) is 0 Å². The third-order valence-corrected chi connectivity index (χ3v) is 10.5. The summed E-state index contributed by atoms with van der Waals surface area (Å²) in [5, 5.41) is 11.8. The van der Waals surface area contributed by atoms with Crippen LogP contribution in [0.1, 0.15) is 0 Å². The topological polar surface area (TPSA) is 51.8 Å². The minimum absolute atomic E-state index is 0.633. The first-order valence-electron chi connectivity index (χ1n) is 17.9. The molecule has 0 aliphatic heterocycles. The van der Waals surface area contributed by atoms with Gasteiger partial charge in [0.15, 0.2) is 17.5 Å². The highest BCUT2D eigenvalue weighted by Crippen LogP contribution is 2.41. The molecule has 0 saturated carbocycles. The molecular weight excluding hydrogens is 647 g/mol. The fourth-order valence-electron chi connectivity index (χ4n) is 8.05. The molecule has 2 aromatic heterocycles. The van der Waals surface area contributed by atoms with Crippen molar-refractivity contribution in [2.45, 2.75) is 0 Å². The molecule has 0 aliphatic rings. The monoisotopic (exact) mass is 675 g/mol. The van der Waals surface area contributed by atoms with Crippen molar-refractivity contribution in [3.05, 3.63) is 176 Å². The van der Waals surface area contributed by atoms with E-state index in [0.717, 1.165) is 65.9 Å². The summed E-state index contributed by atoms with van der Waals surface area (Å²) in [4.78, 5) is 15.4. The molecule has 246 valence electrons. The van der Waals surface area contributed by atoms with Crippen LogP contribution in [0.3, 0.4) is 0 Å². The smallest absolute Gasteiger partial charge is 0.164 e. The van der Waals surface area contributed by atoms with E-state index in [9.17, 15) is 0 Å². The molecule has 0 aliphatic carbocycles. The SMILES string of the molecule is c1ccc(-c2nc(-c3ccc4c(ccc5c6ccccc6ccc45)c3)nc(-c3cccc4c(-c5cccc6oc7ccccc7c56)cccc34)n2)cc1. The van der Waals surface area contributed by atoms with Gasteiger partial charge >= 0.3 is 0 Å². The molecule has 2 heterocycles. The number of hydrogen-bond donors (Lipinski definition) is 0. The number of rotatable bonds is 4. The lowest BCUT2D eigenvalue weighted by atomic mass is 9.93. The van der Waals surface area contributed by atoms with Gasteiger partial charge in [0, 0.05) is 27.5 Å². The highest BCUT2D eigenvalue weighted by atomic mass is 16.3. The molecular formula is C49H29N3O. The van der Waals surface area contributed by atoms with Gasteiger partial charge in [0.05, 0.1) is 0 Å². The molecule has 0 unspecified atom stereocenters. The van der Waals surface area contributed by atoms with Crippen molar-refractivity contribution >= 4 is 65.0 Å². The standard InChI is InChI=1S/C49H29N3O/c1-2-12-31(13-3-1)47-50-48(33-25-26-35-32(29-33)24-28-39-34-14-5-4-11-30(34)23-27-40(35)39)52-49(51-47)42-20-9-16-36-37(17-8-18-38(36)42)41-19-10-22-45-46(41)43-15-6-7-21-44(43)53-45/h1-29H. The minimum atomic E-state index is 0.633. The van der Waals surface area contributed by atoms with Crippen molar-refractivity contribution in [3.63, 3.8) is 0 Å². The maximum atomic E-state index is 6.27. The third-order valence-electron chi connectivity index (χ3n) is 10.5. The van der Waals surface area contributed by atoms with Gasteiger partial charge in [0.25, 0.3) is 0 Å². The zero-order valence-corrected chi connectivity index (χ0v) is 28.5. The van der Waals surface area contributed by atoms with Crippen molar-refractivity contribution in [2.75, 3.05) is 0 Å². The average Bonchev–Trinajstić information content (AvgIpc) is 3.62. The van der Waals surface area contributed by atoms with E-state index < -0.39 is 0 Å². The van der Waals surface area contributed by atoms with Crippen LogP contribution in [-0.4, -0.2) is 15.0 Å². The van der Waals surface area contributed by atoms with Crippen LogP contribution in [0.5, 0.6) is 0 Å². The van der Waals surface area contributed by atoms with Gasteiger partial charge in [-0.3, -0.25) is 0 Å². The van der Waals surface area contributed by atoms with E-state index in [2.05, 4.69) is 140 Å². The molecule has 0 bridgehead atoms. The second-order valence-corrected chi connectivity index (χ2v) is 13.5. The largest absolute Gasteiger partial charge is 0.456 e. The van der Waals surface area contributed by atoms with Crippen LogP contribution in [0.15, 0.2) is 180 Å². The lowest BCUT2D eigenvalue weighted by Gasteiger charge is -2.13. The van der Waals surface area contributed by atoms with Gasteiger partial charge in [0.1, 0.15) is 11.2 Å². The summed E-state index contributed by atoms with van der Waals surface area (Å²) in [6.07, 6.45) is 0. The number of nitrogens with zero attached hydrogens (tertiary/aromatic N) is 3. The van der Waals surface area contributed by atoms with E-state index in [1.54, 1.807) is 0 Å². The van der Waals surface area contributed by atoms with Gasteiger partial charge in [0.2, 0.25) is 0 Å². The summed E-state index contributed by atoms with van der Waals surface area (Å²) in [6, 6.07) is 61.6. The second-order valence-electron chi connectivity index (χ2n) is 13.5. The maximum Gasteiger partial charge on any atom is 0.164 e. The fraction of sp³-hybridized carbons (Fsp3) is 0. The predicted molar refractivity (Wildman–Crippen MR) is 219 cm³/mol. The Kier molecular flexibility index (Phi) is 6.52. The van der Waals surface area contributed by atoms with Crippen LogP contribution in [0, 0.1) is 0 Å². The zero-order chi connectivity index (χ0) is 34.9. The molecule has 4 heteroatoms. The minimum Gasteiger partial charge on any atom is -0.456 e. The Balaban J connectivity index is 1.10. The van der Waals surface area contributed by atoms with Gasteiger partial charge < -0.3 is 4.42 Å². The van der Waals surface area contributed by atoms with Crippen LogP contribution in [0.4, 0.5) is 0 Å². The number of furan rings is 1. The highest BCUT2D eigenvalue weighted by Gasteiger charge is 2.18. The molecule has 0 N–H and O–H groups in total. The Morgan fingerprint density at radius 2 is 0.868 bits per heavy atom. The molecule has 0 saturated heterocycles. The van der Waals surface area contributed by atoms with Crippen molar-refractivity contribution in [2.24, 2.45) is 0 Å². The summed E-state index contributed by atoms with van der Waals surface area (Å²) < 4.78 is 6.27. The Morgan fingerprint density at radius 3 is 1.72 bits per heavy atom. The highest BCUT2D eigenvalue weighted by molar-refractivity contribution is 6.18. The van der Waals surface area contributed by atoms with Crippen LogP contribution < -0.4 is 0 Å². The quantitative estimate of drug-likeness (QED) is 0.174. The summed E-state index contributed by atoms with van der Waals surface area (Å²) in [7, 11) is 0. The van der Waals surface area contributed by atoms with Gasteiger partial charge in [-0.2, -0.15) is 0 Å². The molecule has 4 nitrogen and oxygen atoms in total. The summed E-state index contributed by atoms with van der Waals surface area (Å²) >= 11 is 0. The third kappa shape index (κ3) is 4.73. The van der Waals surface area contributed by atoms with Crippen LogP contribution in [0.25, 0.3) is 110 Å².